The van der Waals surface area contributed by atoms with Crippen LogP contribution in [-0.2, 0) is 4.43 Å². The van der Waals surface area contributed by atoms with E-state index in [2.05, 4.69) is 27.7 Å². The minimum atomic E-state index is 0.558. The maximum atomic E-state index is 5.62. The second kappa shape index (κ2) is 8.48. The molecular formula is C12H28OSi. The van der Waals surface area contributed by atoms with E-state index >= 15 is 0 Å². The van der Waals surface area contributed by atoms with Gasteiger partial charge in [-0.15, -0.1) is 0 Å². The zero-order chi connectivity index (χ0) is 11.0. The summed E-state index contributed by atoms with van der Waals surface area (Å²) in [7, 11) is 0.895. The van der Waals surface area contributed by atoms with Crippen LogP contribution in [-0.4, -0.2) is 16.6 Å². The Morgan fingerprint density at radius 2 is 1.43 bits per heavy atom. The fourth-order valence-electron chi connectivity index (χ4n) is 1.65. The summed E-state index contributed by atoms with van der Waals surface area (Å²) in [6.07, 6.45) is 7.09. The fourth-order valence-corrected chi connectivity index (χ4v) is 2.12. The predicted molar refractivity (Wildman–Crippen MR) is 67.6 cm³/mol. The Hall–Kier alpha value is 0.177. The van der Waals surface area contributed by atoms with Gasteiger partial charge in [0.05, 0.1) is 0 Å². The van der Waals surface area contributed by atoms with Crippen LogP contribution in [0.25, 0.3) is 0 Å². The molecule has 14 heavy (non-hydrogen) atoms. The number of hydrogen-bond donors (Lipinski definition) is 0. The van der Waals surface area contributed by atoms with Crippen molar-refractivity contribution in [2.75, 3.05) is 0 Å². The van der Waals surface area contributed by atoms with Crippen molar-refractivity contribution in [2.24, 2.45) is 11.8 Å². The van der Waals surface area contributed by atoms with Crippen LogP contribution in [0.3, 0.4) is 0 Å². The third-order valence-corrected chi connectivity index (χ3v) is 3.37. The summed E-state index contributed by atoms with van der Waals surface area (Å²) in [6.45, 7) is 9.17. The number of hydrogen-bond acceptors (Lipinski definition) is 1. The monoisotopic (exact) mass is 216 g/mol. The molecule has 0 aliphatic heterocycles. The largest absolute Gasteiger partial charge is 0.425 e. The van der Waals surface area contributed by atoms with Crippen LogP contribution in [0.1, 0.15) is 59.8 Å². The Balaban J connectivity index is 3.48. The van der Waals surface area contributed by atoms with Crippen molar-refractivity contribution in [2.45, 2.75) is 65.9 Å². The van der Waals surface area contributed by atoms with Gasteiger partial charge in [0.15, 0.2) is 0 Å². The SMILES string of the molecule is CC(C)CCCC(CCC(C)C)O[SiH3]. The van der Waals surface area contributed by atoms with Gasteiger partial charge < -0.3 is 4.43 Å². The maximum absolute atomic E-state index is 5.62. The average Bonchev–Trinajstić information content (AvgIpc) is 2.10. The quantitative estimate of drug-likeness (QED) is 0.567. The molecule has 1 unspecified atom stereocenters. The van der Waals surface area contributed by atoms with Gasteiger partial charge in [-0.1, -0.05) is 40.5 Å². The molecule has 0 rings (SSSR count). The molecule has 0 aliphatic rings. The lowest BCUT2D eigenvalue weighted by Gasteiger charge is -2.17. The standard InChI is InChI=1S/C12H28OSi/c1-10(2)6-5-7-12(13-14)9-8-11(3)4/h10-12H,5-9H2,1-4,14H3. The molecule has 0 aliphatic carbocycles. The first-order chi connectivity index (χ1) is 6.56. The van der Waals surface area contributed by atoms with Gasteiger partial charge in [-0.2, -0.15) is 0 Å². The van der Waals surface area contributed by atoms with Crippen molar-refractivity contribution in [1.82, 2.24) is 0 Å². The van der Waals surface area contributed by atoms with E-state index < -0.39 is 0 Å². The molecule has 0 saturated heterocycles. The van der Waals surface area contributed by atoms with Crippen molar-refractivity contribution < 1.29 is 4.43 Å². The summed E-state index contributed by atoms with van der Waals surface area (Å²) < 4.78 is 5.62. The van der Waals surface area contributed by atoms with E-state index in [1.54, 1.807) is 0 Å². The van der Waals surface area contributed by atoms with E-state index in [1.807, 2.05) is 0 Å². The molecule has 0 radical (unpaired) electrons. The van der Waals surface area contributed by atoms with E-state index in [0.717, 1.165) is 22.3 Å². The molecule has 2 heteroatoms. The number of rotatable bonds is 8. The smallest absolute Gasteiger partial charge is 0.146 e. The summed E-state index contributed by atoms with van der Waals surface area (Å²) in [6, 6.07) is 0. The van der Waals surface area contributed by atoms with E-state index in [1.165, 1.54) is 32.1 Å². The summed E-state index contributed by atoms with van der Waals surface area (Å²) in [5.41, 5.74) is 0. The van der Waals surface area contributed by atoms with Crippen LogP contribution in [0.5, 0.6) is 0 Å². The molecule has 0 aromatic carbocycles. The maximum Gasteiger partial charge on any atom is 0.146 e. The van der Waals surface area contributed by atoms with Crippen molar-refractivity contribution in [1.29, 1.82) is 0 Å². The van der Waals surface area contributed by atoms with E-state index in [0.29, 0.717) is 6.10 Å². The summed E-state index contributed by atoms with van der Waals surface area (Å²) in [5, 5.41) is 0. The van der Waals surface area contributed by atoms with Crippen LogP contribution in [0.2, 0.25) is 0 Å². The first kappa shape index (κ1) is 14.2. The fraction of sp³-hybridized carbons (Fsp3) is 1.00. The highest BCUT2D eigenvalue weighted by atomic mass is 28.2. The molecule has 86 valence electrons. The van der Waals surface area contributed by atoms with Gasteiger partial charge in [0.2, 0.25) is 0 Å². The molecule has 0 bridgehead atoms. The molecule has 0 heterocycles. The van der Waals surface area contributed by atoms with Gasteiger partial charge in [0.25, 0.3) is 0 Å². The van der Waals surface area contributed by atoms with Crippen LogP contribution in [0, 0.1) is 11.8 Å². The van der Waals surface area contributed by atoms with E-state index in [-0.39, 0.29) is 0 Å². The second-order valence-corrected chi connectivity index (χ2v) is 5.63. The van der Waals surface area contributed by atoms with Crippen LogP contribution < -0.4 is 0 Å². The van der Waals surface area contributed by atoms with E-state index in [4.69, 9.17) is 4.43 Å². The Morgan fingerprint density at radius 1 is 0.857 bits per heavy atom. The highest BCUT2D eigenvalue weighted by Gasteiger charge is 2.07. The summed E-state index contributed by atoms with van der Waals surface area (Å²) in [4.78, 5) is 0. The molecule has 0 aromatic rings. The highest BCUT2D eigenvalue weighted by molar-refractivity contribution is 5.98. The molecule has 1 nitrogen and oxygen atoms in total. The Morgan fingerprint density at radius 3 is 1.86 bits per heavy atom. The first-order valence-corrected chi connectivity index (χ1v) is 6.90. The minimum Gasteiger partial charge on any atom is -0.425 e. The van der Waals surface area contributed by atoms with Crippen molar-refractivity contribution >= 4 is 10.5 Å². The lowest BCUT2D eigenvalue weighted by molar-refractivity contribution is 0.183. The second-order valence-electron chi connectivity index (χ2n) is 5.15. The molecule has 0 saturated carbocycles. The van der Waals surface area contributed by atoms with Crippen LogP contribution in [0.15, 0.2) is 0 Å². The van der Waals surface area contributed by atoms with Crippen molar-refractivity contribution in [3.05, 3.63) is 0 Å². The lowest BCUT2D eigenvalue weighted by atomic mass is 9.99. The van der Waals surface area contributed by atoms with Gasteiger partial charge in [0, 0.05) is 6.10 Å². The highest BCUT2D eigenvalue weighted by Crippen LogP contribution is 2.15. The zero-order valence-electron chi connectivity index (χ0n) is 10.7. The normalized spacial score (nSPS) is 14.1. The summed E-state index contributed by atoms with van der Waals surface area (Å²) in [5.74, 6) is 1.66. The third-order valence-electron chi connectivity index (χ3n) is 2.71. The lowest BCUT2D eigenvalue weighted by Crippen LogP contribution is -2.12. The topological polar surface area (TPSA) is 9.23 Å². The minimum absolute atomic E-state index is 0.558. The summed E-state index contributed by atoms with van der Waals surface area (Å²) >= 11 is 0. The van der Waals surface area contributed by atoms with Gasteiger partial charge in [0.1, 0.15) is 10.5 Å². The predicted octanol–water partition coefficient (Wildman–Crippen LogP) is 2.91. The molecule has 1 atom stereocenters. The molecule has 0 aromatic heterocycles. The Kier molecular flexibility index (Phi) is 8.59. The van der Waals surface area contributed by atoms with Gasteiger partial charge in [-0.05, 0) is 31.1 Å². The van der Waals surface area contributed by atoms with Crippen LogP contribution >= 0.6 is 0 Å². The van der Waals surface area contributed by atoms with Gasteiger partial charge in [-0.25, -0.2) is 0 Å². The third kappa shape index (κ3) is 8.76. The average molecular weight is 216 g/mol. The molecule has 0 fully saturated rings. The van der Waals surface area contributed by atoms with Crippen molar-refractivity contribution in [3.8, 4) is 0 Å². The van der Waals surface area contributed by atoms with Gasteiger partial charge in [-0.3, -0.25) is 0 Å². The van der Waals surface area contributed by atoms with Gasteiger partial charge >= 0.3 is 0 Å². The van der Waals surface area contributed by atoms with Crippen LogP contribution in [0.4, 0.5) is 0 Å². The molecule has 0 amide bonds. The first-order valence-electron chi connectivity index (χ1n) is 6.09. The molecule has 0 N–H and O–H groups in total. The molecular weight excluding hydrogens is 188 g/mol. The zero-order valence-corrected chi connectivity index (χ0v) is 12.7. The Labute approximate surface area is 93.2 Å². The Bertz CT molecular complexity index is 123. The van der Waals surface area contributed by atoms with E-state index in [9.17, 15) is 0 Å². The molecule has 0 spiro atoms. The van der Waals surface area contributed by atoms with Crippen molar-refractivity contribution in [3.63, 3.8) is 0 Å².